The Hall–Kier alpha value is -1.77. The summed E-state index contributed by atoms with van der Waals surface area (Å²) in [6.07, 6.45) is 1.03. The van der Waals surface area contributed by atoms with Crippen molar-refractivity contribution in [2.45, 2.75) is 0 Å². The number of aromatic hydroxyl groups is 1. The summed E-state index contributed by atoms with van der Waals surface area (Å²) in [6.45, 7) is 3.23. The van der Waals surface area contributed by atoms with Crippen molar-refractivity contribution in [3.8, 4) is 11.5 Å². The molecule has 1 aromatic rings. The van der Waals surface area contributed by atoms with Crippen LogP contribution in [0.3, 0.4) is 0 Å². The summed E-state index contributed by atoms with van der Waals surface area (Å²) in [4.78, 5) is 10.7. The lowest BCUT2D eigenvalue weighted by Gasteiger charge is -2.01. The second-order valence-corrected chi connectivity index (χ2v) is 2.09. The molecular formula is C9H8O3. The molecule has 0 aliphatic carbocycles. The summed E-state index contributed by atoms with van der Waals surface area (Å²) in [5.74, 6) is -0.508. The van der Waals surface area contributed by atoms with E-state index in [0.29, 0.717) is 0 Å². The number of ether oxygens (including phenoxy) is 1. The van der Waals surface area contributed by atoms with Crippen LogP contribution in [0.25, 0.3) is 0 Å². The second-order valence-electron chi connectivity index (χ2n) is 2.09. The van der Waals surface area contributed by atoms with Gasteiger partial charge < -0.3 is 9.84 Å². The maximum atomic E-state index is 10.7. The van der Waals surface area contributed by atoms with Crippen LogP contribution in [0.5, 0.6) is 11.5 Å². The molecule has 3 nitrogen and oxygen atoms in total. The zero-order valence-electron chi connectivity index (χ0n) is 6.36. The molecule has 0 heterocycles. The molecule has 0 saturated carbocycles. The van der Waals surface area contributed by atoms with Gasteiger partial charge in [-0.05, 0) is 12.1 Å². The van der Waals surface area contributed by atoms with Gasteiger partial charge in [0.05, 0.1) is 0 Å². The Bertz CT molecular complexity index is 304. The van der Waals surface area contributed by atoms with E-state index in [1.807, 2.05) is 0 Å². The normalized spacial score (nSPS) is 9.00. The van der Waals surface area contributed by atoms with Crippen LogP contribution in [-0.4, -0.2) is 11.1 Å². The summed E-state index contributed by atoms with van der Waals surface area (Å²) in [5, 5.41) is 9.14. The van der Waals surface area contributed by atoms with Crippen LogP contribution in [-0.2, 0) is 4.79 Å². The fraction of sp³-hybridized carbons (Fsp3) is 0. The number of esters is 1. The fourth-order valence-electron chi connectivity index (χ4n) is 0.694. The van der Waals surface area contributed by atoms with Crippen LogP contribution in [0.1, 0.15) is 0 Å². The predicted molar refractivity (Wildman–Crippen MR) is 43.9 cm³/mol. The molecule has 0 saturated heterocycles. The van der Waals surface area contributed by atoms with E-state index in [0.717, 1.165) is 6.08 Å². The molecule has 3 heteroatoms. The van der Waals surface area contributed by atoms with E-state index < -0.39 is 5.97 Å². The Balaban J connectivity index is 2.82. The van der Waals surface area contributed by atoms with E-state index in [9.17, 15) is 4.79 Å². The Kier molecular flexibility index (Phi) is 2.48. The van der Waals surface area contributed by atoms with Gasteiger partial charge in [0.15, 0.2) is 11.5 Å². The zero-order valence-corrected chi connectivity index (χ0v) is 6.36. The highest BCUT2D eigenvalue weighted by molar-refractivity contribution is 5.83. The number of carbonyl (C=O) groups is 1. The number of hydrogen-bond acceptors (Lipinski definition) is 3. The van der Waals surface area contributed by atoms with Crippen molar-refractivity contribution in [2.75, 3.05) is 0 Å². The highest BCUT2D eigenvalue weighted by Gasteiger charge is 2.03. The fourth-order valence-corrected chi connectivity index (χ4v) is 0.694. The van der Waals surface area contributed by atoms with Crippen LogP contribution < -0.4 is 4.74 Å². The van der Waals surface area contributed by atoms with E-state index in [4.69, 9.17) is 5.11 Å². The lowest BCUT2D eigenvalue weighted by Crippen LogP contribution is -2.02. The molecule has 0 aliphatic heterocycles. The SMILES string of the molecule is C=CC(=O)Oc1ccccc1O. The molecule has 0 bridgehead atoms. The monoisotopic (exact) mass is 164 g/mol. The van der Waals surface area contributed by atoms with Gasteiger partial charge >= 0.3 is 5.97 Å². The van der Waals surface area contributed by atoms with E-state index in [1.54, 1.807) is 12.1 Å². The van der Waals surface area contributed by atoms with Crippen molar-refractivity contribution in [1.82, 2.24) is 0 Å². The van der Waals surface area contributed by atoms with Gasteiger partial charge in [-0.2, -0.15) is 0 Å². The van der Waals surface area contributed by atoms with E-state index in [2.05, 4.69) is 11.3 Å². The van der Waals surface area contributed by atoms with Gasteiger partial charge in [0.25, 0.3) is 0 Å². The molecule has 1 aromatic carbocycles. The van der Waals surface area contributed by atoms with Crippen LogP contribution in [0.15, 0.2) is 36.9 Å². The summed E-state index contributed by atoms with van der Waals surface area (Å²) in [5.41, 5.74) is 0. The summed E-state index contributed by atoms with van der Waals surface area (Å²) in [6, 6.07) is 6.23. The number of phenols is 1. The minimum absolute atomic E-state index is 0.0623. The summed E-state index contributed by atoms with van der Waals surface area (Å²) < 4.78 is 4.69. The van der Waals surface area contributed by atoms with Crippen LogP contribution in [0.2, 0.25) is 0 Å². The topological polar surface area (TPSA) is 46.5 Å². The van der Waals surface area contributed by atoms with Crippen LogP contribution in [0.4, 0.5) is 0 Å². The first-order chi connectivity index (χ1) is 5.74. The number of carbonyl (C=O) groups excluding carboxylic acids is 1. The average molecular weight is 164 g/mol. The van der Waals surface area contributed by atoms with Gasteiger partial charge in [-0.1, -0.05) is 18.7 Å². The van der Waals surface area contributed by atoms with Crippen molar-refractivity contribution in [1.29, 1.82) is 0 Å². The van der Waals surface area contributed by atoms with E-state index in [1.165, 1.54) is 12.1 Å². The number of benzene rings is 1. The third-order valence-electron chi connectivity index (χ3n) is 1.24. The Morgan fingerprint density at radius 2 is 2.17 bits per heavy atom. The van der Waals surface area contributed by atoms with Crippen molar-refractivity contribution in [3.63, 3.8) is 0 Å². The number of para-hydroxylation sites is 2. The van der Waals surface area contributed by atoms with Gasteiger partial charge in [-0.15, -0.1) is 0 Å². The summed E-state index contributed by atoms with van der Waals surface area (Å²) in [7, 11) is 0. The lowest BCUT2D eigenvalue weighted by atomic mass is 10.3. The molecule has 0 aliphatic rings. The first kappa shape index (κ1) is 8.33. The van der Waals surface area contributed by atoms with Crippen LogP contribution in [0, 0.1) is 0 Å². The van der Waals surface area contributed by atoms with Crippen molar-refractivity contribution < 1.29 is 14.6 Å². The molecule has 0 atom stereocenters. The first-order valence-electron chi connectivity index (χ1n) is 3.36. The largest absolute Gasteiger partial charge is 0.504 e. The number of hydrogen-bond donors (Lipinski definition) is 1. The smallest absolute Gasteiger partial charge is 0.335 e. The highest BCUT2D eigenvalue weighted by Crippen LogP contribution is 2.24. The lowest BCUT2D eigenvalue weighted by molar-refractivity contribution is -0.129. The molecule has 0 spiro atoms. The van der Waals surface area contributed by atoms with Crippen molar-refractivity contribution in [3.05, 3.63) is 36.9 Å². The van der Waals surface area contributed by atoms with Gasteiger partial charge in [-0.3, -0.25) is 0 Å². The Morgan fingerprint density at radius 1 is 1.50 bits per heavy atom. The minimum atomic E-state index is -0.587. The Labute approximate surface area is 69.9 Å². The molecule has 0 radical (unpaired) electrons. The highest BCUT2D eigenvalue weighted by atomic mass is 16.5. The standard InChI is InChI=1S/C9H8O3/c1-2-9(11)12-8-6-4-3-5-7(8)10/h2-6,10H,1H2. The van der Waals surface area contributed by atoms with Gasteiger partial charge in [0.1, 0.15) is 0 Å². The molecular weight excluding hydrogens is 156 g/mol. The molecule has 1 N–H and O–H groups in total. The molecule has 12 heavy (non-hydrogen) atoms. The quantitative estimate of drug-likeness (QED) is 0.409. The number of phenolic OH excluding ortho intramolecular Hbond substituents is 1. The number of rotatable bonds is 2. The third-order valence-corrected chi connectivity index (χ3v) is 1.24. The minimum Gasteiger partial charge on any atom is -0.504 e. The molecule has 1 rings (SSSR count). The molecule has 0 amide bonds. The van der Waals surface area contributed by atoms with Crippen molar-refractivity contribution in [2.24, 2.45) is 0 Å². The van der Waals surface area contributed by atoms with Crippen molar-refractivity contribution >= 4 is 5.97 Å². The van der Waals surface area contributed by atoms with Crippen LogP contribution >= 0.6 is 0 Å². The second kappa shape index (κ2) is 3.57. The molecule has 62 valence electrons. The Morgan fingerprint density at radius 3 is 2.75 bits per heavy atom. The van der Waals surface area contributed by atoms with Gasteiger partial charge in [-0.25, -0.2) is 4.79 Å². The first-order valence-corrected chi connectivity index (χ1v) is 3.36. The average Bonchev–Trinajstić information content (AvgIpc) is 2.09. The molecule has 0 aromatic heterocycles. The summed E-state index contributed by atoms with van der Waals surface area (Å²) >= 11 is 0. The predicted octanol–water partition coefficient (Wildman–Crippen LogP) is 1.48. The maximum Gasteiger partial charge on any atom is 0.335 e. The van der Waals surface area contributed by atoms with E-state index in [-0.39, 0.29) is 11.5 Å². The maximum absolute atomic E-state index is 10.7. The molecule has 0 unspecified atom stereocenters. The zero-order chi connectivity index (χ0) is 8.97. The molecule has 0 fully saturated rings. The van der Waals surface area contributed by atoms with E-state index >= 15 is 0 Å². The van der Waals surface area contributed by atoms with Gasteiger partial charge in [0, 0.05) is 6.08 Å². The third kappa shape index (κ3) is 1.85. The van der Waals surface area contributed by atoms with Gasteiger partial charge in [0.2, 0.25) is 0 Å².